The molecule has 0 fully saturated rings. The van der Waals surface area contributed by atoms with E-state index in [2.05, 4.69) is 5.32 Å². The molecule has 1 atom stereocenters. The molecule has 9 heteroatoms. The molecule has 2 amide bonds. The van der Waals surface area contributed by atoms with E-state index in [1.807, 2.05) is 84.0 Å². The van der Waals surface area contributed by atoms with Gasteiger partial charge < -0.3 is 10.2 Å². The average Bonchev–Trinajstić information content (AvgIpc) is 2.97. The number of rotatable bonds is 11. The number of hydrogen-bond acceptors (Lipinski definition) is 4. The minimum atomic E-state index is -4.18. The third kappa shape index (κ3) is 9.21. The second kappa shape index (κ2) is 14.5. The molecular formula is C37H42ClN3O4S. The Morgan fingerprint density at radius 1 is 0.783 bits per heavy atom. The number of sulfonamides is 1. The van der Waals surface area contributed by atoms with Crippen molar-refractivity contribution in [1.82, 2.24) is 10.2 Å². The summed E-state index contributed by atoms with van der Waals surface area (Å²) in [6, 6.07) is 27.6. The van der Waals surface area contributed by atoms with Gasteiger partial charge in [0.1, 0.15) is 12.6 Å². The van der Waals surface area contributed by atoms with Gasteiger partial charge in [-0.1, -0.05) is 77.8 Å². The van der Waals surface area contributed by atoms with E-state index in [0.717, 1.165) is 26.6 Å². The molecule has 4 aromatic carbocycles. The monoisotopic (exact) mass is 659 g/mol. The van der Waals surface area contributed by atoms with Gasteiger partial charge in [0, 0.05) is 23.5 Å². The molecule has 0 aliphatic carbocycles. The summed E-state index contributed by atoms with van der Waals surface area (Å²) in [7, 11) is -4.18. The van der Waals surface area contributed by atoms with Crippen LogP contribution < -0.4 is 9.62 Å². The predicted octanol–water partition coefficient (Wildman–Crippen LogP) is 7.02. The van der Waals surface area contributed by atoms with E-state index in [1.54, 1.807) is 54.6 Å². The van der Waals surface area contributed by atoms with Crippen molar-refractivity contribution in [2.45, 2.75) is 71.0 Å². The lowest BCUT2D eigenvalue weighted by molar-refractivity contribution is -0.140. The van der Waals surface area contributed by atoms with Gasteiger partial charge in [0.15, 0.2) is 0 Å². The Labute approximate surface area is 278 Å². The summed E-state index contributed by atoms with van der Waals surface area (Å²) >= 11 is 6.33. The van der Waals surface area contributed by atoms with Crippen molar-refractivity contribution in [2.24, 2.45) is 0 Å². The zero-order chi connectivity index (χ0) is 33.6. The molecular weight excluding hydrogens is 618 g/mol. The van der Waals surface area contributed by atoms with Crippen LogP contribution in [0.15, 0.2) is 102 Å². The number of carbonyl (C=O) groups is 2. The number of benzene rings is 4. The SMILES string of the molecule is Cc1ccc(S(=O)(=O)N(CC(=O)N(Cc2cccc(Cl)c2)C(Cc2ccccc2)C(=O)NC(C)(C)C)c2cc(C)cc(C)c2)cc1. The Morgan fingerprint density at radius 3 is 1.98 bits per heavy atom. The number of nitrogens with zero attached hydrogens (tertiary/aromatic N) is 2. The highest BCUT2D eigenvalue weighted by molar-refractivity contribution is 7.92. The Morgan fingerprint density at radius 2 is 1.39 bits per heavy atom. The lowest BCUT2D eigenvalue weighted by Crippen LogP contribution is -2.56. The van der Waals surface area contributed by atoms with E-state index in [4.69, 9.17) is 11.6 Å². The second-order valence-electron chi connectivity index (χ2n) is 12.8. The quantitative estimate of drug-likeness (QED) is 0.188. The summed E-state index contributed by atoms with van der Waals surface area (Å²) in [5.41, 5.74) is 3.99. The van der Waals surface area contributed by atoms with Crippen molar-refractivity contribution in [1.29, 1.82) is 0 Å². The fourth-order valence-corrected chi connectivity index (χ4v) is 6.91. The zero-order valence-corrected chi connectivity index (χ0v) is 28.8. The van der Waals surface area contributed by atoms with Crippen molar-refractivity contribution < 1.29 is 18.0 Å². The first kappa shape index (κ1) is 34.7. The Hall–Kier alpha value is -4.14. The first-order valence-corrected chi connectivity index (χ1v) is 17.0. The molecule has 242 valence electrons. The van der Waals surface area contributed by atoms with Crippen LogP contribution in [-0.2, 0) is 32.6 Å². The summed E-state index contributed by atoms with van der Waals surface area (Å²) in [6.45, 7) is 10.8. The Balaban J connectivity index is 1.84. The summed E-state index contributed by atoms with van der Waals surface area (Å²) in [5, 5.41) is 3.53. The van der Waals surface area contributed by atoms with Crippen LogP contribution in [0.1, 0.15) is 48.6 Å². The molecule has 0 aromatic heterocycles. The fourth-order valence-electron chi connectivity index (χ4n) is 5.30. The molecule has 0 saturated carbocycles. The molecule has 0 heterocycles. The molecule has 46 heavy (non-hydrogen) atoms. The number of halogens is 1. The van der Waals surface area contributed by atoms with Crippen LogP contribution in [0.25, 0.3) is 0 Å². The smallest absolute Gasteiger partial charge is 0.264 e. The van der Waals surface area contributed by atoms with Crippen molar-refractivity contribution in [3.8, 4) is 0 Å². The second-order valence-corrected chi connectivity index (χ2v) is 15.1. The van der Waals surface area contributed by atoms with Gasteiger partial charge in [-0.05, 0) is 100 Å². The third-order valence-corrected chi connectivity index (χ3v) is 9.42. The van der Waals surface area contributed by atoms with Gasteiger partial charge in [0.2, 0.25) is 11.8 Å². The van der Waals surface area contributed by atoms with E-state index in [9.17, 15) is 18.0 Å². The van der Waals surface area contributed by atoms with Gasteiger partial charge >= 0.3 is 0 Å². The van der Waals surface area contributed by atoms with E-state index in [-0.39, 0.29) is 23.8 Å². The molecule has 0 spiro atoms. The first-order valence-electron chi connectivity index (χ1n) is 15.2. The summed E-state index contributed by atoms with van der Waals surface area (Å²) in [6.07, 6.45) is 0.226. The molecule has 4 aromatic rings. The fraction of sp³-hybridized carbons (Fsp3) is 0.297. The maximum Gasteiger partial charge on any atom is 0.264 e. The number of anilines is 1. The number of carbonyl (C=O) groups excluding carboxylic acids is 2. The standard InChI is InChI=1S/C37H42ClN3O4S/c1-26-15-17-33(18-16-26)46(44,45)41(32-20-27(2)19-28(3)21-32)25-35(42)40(24-30-13-10-14-31(38)22-30)34(36(43)39-37(4,5)6)23-29-11-8-7-9-12-29/h7-22,34H,23-25H2,1-6H3,(H,39,43). The minimum Gasteiger partial charge on any atom is -0.350 e. The van der Waals surface area contributed by atoms with Gasteiger partial charge in [0.25, 0.3) is 10.0 Å². The van der Waals surface area contributed by atoms with Crippen molar-refractivity contribution >= 4 is 39.1 Å². The van der Waals surface area contributed by atoms with Crippen molar-refractivity contribution in [2.75, 3.05) is 10.8 Å². The highest BCUT2D eigenvalue weighted by Crippen LogP contribution is 2.27. The van der Waals surface area contributed by atoms with Crippen LogP contribution in [0.2, 0.25) is 5.02 Å². The highest BCUT2D eigenvalue weighted by atomic mass is 35.5. The summed E-state index contributed by atoms with van der Waals surface area (Å²) in [5.74, 6) is -0.870. The number of amides is 2. The minimum absolute atomic E-state index is 0.0414. The first-order chi connectivity index (χ1) is 21.6. The van der Waals surface area contributed by atoms with Crippen LogP contribution >= 0.6 is 11.6 Å². The summed E-state index contributed by atoms with van der Waals surface area (Å²) < 4.78 is 29.7. The summed E-state index contributed by atoms with van der Waals surface area (Å²) in [4.78, 5) is 30.2. The third-order valence-electron chi connectivity index (χ3n) is 7.39. The lowest BCUT2D eigenvalue weighted by atomic mass is 10.0. The predicted molar refractivity (Wildman–Crippen MR) is 185 cm³/mol. The molecule has 0 radical (unpaired) electrons. The molecule has 4 rings (SSSR count). The Bertz CT molecular complexity index is 1770. The number of nitrogens with one attached hydrogen (secondary N) is 1. The molecule has 7 nitrogen and oxygen atoms in total. The maximum atomic E-state index is 14.6. The maximum absolute atomic E-state index is 14.6. The van der Waals surface area contributed by atoms with Crippen molar-refractivity contribution in [3.05, 3.63) is 130 Å². The van der Waals surface area contributed by atoms with Crippen LogP contribution in [0, 0.1) is 20.8 Å². The largest absolute Gasteiger partial charge is 0.350 e. The van der Waals surface area contributed by atoms with Crippen LogP contribution in [0.4, 0.5) is 5.69 Å². The highest BCUT2D eigenvalue weighted by Gasteiger charge is 2.35. The van der Waals surface area contributed by atoms with Crippen LogP contribution in [-0.4, -0.2) is 43.3 Å². The molecule has 0 bridgehead atoms. The van der Waals surface area contributed by atoms with Gasteiger partial charge in [0.05, 0.1) is 10.6 Å². The number of aryl methyl sites for hydroxylation is 3. The normalized spacial score (nSPS) is 12.3. The molecule has 0 saturated heterocycles. The van der Waals surface area contributed by atoms with E-state index in [1.165, 1.54) is 4.90 Å². The molecule has 0 aliphatic rings. The van der Waals surface area contributed by atoms with Gasteiger partial charge in [-0.15, -0.1) is 0 Å². The van der Waals surface area contributed by atoms with Crippen molar-refractivity contribution in [3.63, 3.8) is 0 Å². The van der Waals surface area contributed by atoms with Gasteiger partial charge in [-0.3, -0.25) is 13.9 Å². The average molecular weight is 660 g/mol. The zero-order valence-electron chi connectivity index (χ0n) is 27.2. The number of hydrogen-bond donors (Lipinski definition) is 1. The van der Waals surface area contributed by atoms with E-state index < -0.39 is 34.1 Å². The van der Waals surface area contributed by atoms with Gasteiger partial charge in [-0.25, -0.2) is 8.42 Å². The molecule has 0 aliphatic heterocycles. The van der Waals surface area contributed by atoms with Crippen LogP contribution in [0.5, 0.6) is 0 Å². The lowest BCUT2D eigenvalue weighted by Gasteiger charge is -2.35. The van der Waals surface area contributed by atoms with E-state index >= 15 is 0 Å². The molecule has 1 unspecified atom stereocenters. The van der Waals surface area contributed by atoms with E-state index in [0.29, 0.717) is 16.3 Å². The van der Waals surface area contributed by atoms with Gasteiger partial charge in [-0.2, -0.15) is 0 Å². The molecule has 1 N–H and O–H groups in total. The Kier molecular flexibility index (Phi) is 11.0. The topological polar surface area (TPSA) is 86.8 Å². The van der Waals surface area contributed by atoms with Crippen LogP contribution in [0.3, 0.4) is 0 Å².